The van der Waals surface area contributed by atoms with Gasteiger partial charge in [0.05, 0.1) is 25.7 Å². The molecule has 2 N–H and O–H groups in total. The van der Waals surface area contributed by atoms with Crippen LogP contribution in [0.15, 0.2) is 24.3 Å². The SMILES string of the molecule is COc1cc(C2c3cc4c(cc3C(O)C3COC(=O)C23)OCO4)cc(C)c1O. The summed E-state index contributed by atoms with van der Waals surface area (Å²) in [5.41, 5.74) is 2.96. The van der Waals surface area contributed by atoms with E-state index in [2.05, 4.69) is 0 Å². The molecule has 0 radical (unpaired) electrons. The number of carbonyl (C=O) groups is 1. The highest BCUT2D eigenvalue weighted by Crippen LogP contribution is 2.54. The molecule has 0 saturated carbocycles. The number of phenols is 1. The van der Waals surface area contributed by atoms with Gasteiger partial charge in [0, 0.05) is 11.8 Å². The van der Waals surface area contributed by atoms with Gasteiger partial charge in [0.2, 0.25) is 6.79 Å². The van der Waals surface area contributed by atoms with E-state index in [4.69, 9.17) is 18.9 Å². The summed E-state index contributed by atoms with van der Waals surface area (Å²) in [6.07, 6.45) is -0.836. The van der Waals surface area contributed by atoms with Gasteiger partial charge >= 0.3 is 5.97 Å². The molecule has 146 valence electrons. The minimum Gasteiger partial charge on any atom is -0.504 e. The van der Waals surface area contributed by atoms with Crippen LogP contribution < -0.4 is 14.2 Å². The van der Waals surface area contributed by atoms with Crippen LogP contribution in [0.3, 0.4) is 0 Å². The van der Waals surface area contributed by atoms with Crippen molar-refractivity contribution in [1.82, 2.24) is 0 Å². The third kappa shape index (κ3) is 2.29. The summed E-state index contributed by atoms with van der Waals surface area (Å²) < 4.78 is 21.6. The zero-order valence-electron chi connectivity index (χ0n) is 15.5. The summed E-state index contributed by atoms with van der Waals surface area (Å²) in [5.74, 6) is -0.00187. The number of fused-ring (bicyclic) bond motifs is 3. The number of ether oxygens (including phenoxy) is 4. The zero-order chi connectivity index (χ0) is 19.6. The number of aryl methyl sites for hydroxylation is 1. The molecule has 4 atom stereocenters. The lowest BCUT2D eigenvalue weighted by molar-refractivity contribution is -0.141. The van der Waals surface area contributed by atoms with Crippen LogP contribution in [0.1, 0.15) is 34.3 Å². The van der Waals surface area contributed by atoms with E-state index in [9.17, 15) is 15.0 Å². The number of cyclic esters (lactones) is 1. The number of aromatic hydroxyl groups is 1. The van der Waals surface area contributed by atoms with Crippen LogP contribution >= 0.6 is 0 Å². The topological polar surface area (TPSA) is 94.5 Å². The minimum absolute atomic E-state index is 0.0681. The number of aliphatic hydroxyl groups is 1. The van der Waals surface area contributed by atoms with Crippen LogP contribution in [0.25, 0.3) is 0 Å². The number of hydrogen-bond donors (Lipinski definition) is 2. The Morgan fingerprint density at radius 3 is 2.50 bits per heavy atom. The number of carbonyl (C=O) groups excluding carboxylic acids is 1. The summed E-state index contributed by atoms with van der Waals surface area (Å²) in [6.45, 7) is 2.08. The van der Waals surface area contributed by atoms with Gasteiger partial charge < -0.3 is 29.2 Å². The largest absolute Gasteiger partial charge is 0.504 e. The van der Waals surface area contributed by atoms with Gasteiger partial charge in [-0.3, -0.25) is 4.79 Å². The summed E-state index contributed by atoms with van der Waals surface area (Å²) >= 11 is 0. The average molecular weight is 384 g/mol. The van der Waals surface area contributed by atoms with Crippen molar-refractivity contribution in [3.05, 3.63) is 46.5 Å². The summed E-state index contributed by atoms with van der Waals surface area (Å²) in [4.78, 5) is 12.6. The molecule has 2 aromatic carbocycles. The molecular weight excluding hydrogens is 364 g/mol. The highest BCUT2D eigenvalue weighted by molar-refractivity contribution is 5.78. The highest BCUT2D eigenvalue weighted by Gasteiger charge is 2.52. The standard InChI is InChI=1S/C21H20O7/c1-9-3-10(4-16(25-2)19(9)22)17-11-5-14-15(28-8-27-14)6-12(11)20(23)13-7-26-21(24)18(13)17/h3-6,13,17-18,20,22-23H,7-8H2,1-2H3. The lowest BCUT2D eigenvalue weighted by Gasteiger charge is -2.37. The van der Waals surface area contributed by atoms with Gasteiger partial charge in [-0.1, -0.05) is 6.07 Å². The quantitative estimate of drug-likeness (QED) is 0.768. The molecule has 0 bridgehead atoms. The van der Waals surface area contributed by atoms with Gasteiger partial charge in [-0.2, -0.15) is 0 Å². The lowest BCUT2D eigenvalue weighted by Crippen LogP contribution is -2.34. The Kier molecular flexibility index (Phi) is 3.71. The van der Waals surface area contributed by atoms with Crippen LogP contribution in [-0.4, -0.2) is 36.7 Å². The molecule has 7 nitrogen and oxygen atoms in total. The molecule has 3 aliphatic rings. The number of esters is 1. The van der Waals surface area contributed by atoms with Gasteiger partial charge in [-0.25, -0.2) is 0 Å². The van der Waals surface area contributed by atoms with E-state index in [0.717, 1.165) is 11.1 Å². The van der Waals surface area contributed by atoms with Crippen LogP contribution in [-0.2, 0) is 9.53 Å². The van der Waals surface area contributed by atoms with Gasteiger partial charge in [0.15, 0.2) is 23.0 Å². The molecule has 5 rings (SSSR count). The van der Waals surface area contributed by atoms with Crippen molar-refractivity contribution in [2.24, 2.45) is 11.8 Å². The summed E-state index contributed by atoms with van der Waals surface area (Å²) in [6, 6.07) is 7.21. The maximum atomic E-state index is 12.6. The molecule has 2 aliphatic heterocycles. The molecule has 1 saturated heterocycles. The van der Waals surface area contributed by atoms with E-state index >= 15 is 0 Å². The number of methoxy groups -OCH3 is 1. The first kappa shape index (κ1) is 17.2. The van der Waals surface area contributed by atoms with Crippen LogP contribution in [0.4, 0.5) is 0 Å². The van der Waals surface area contributed by atoms with Crippen LogP contribution in [0, 0.1) is 18.8 Å². The fourth-order valence-corrected chi connectivity index (χ4v) is 4.64. The van der Waals surface area contributed by atoms with E-state index in [-0.39, 0.29) is 37.0 Å². The second kappa shape index (κ2) is 6.04. The predicted octanol–water partition coefficient (Wildman–Crippen LogP) is 2.41. The Hall–Kier alpha value is -2.93. The number of phenolic OH excluding ortho intramolecular Hbond substituents is 1. The average Bonchev–Trinajstić information content (AvgIpc) is 3.30. The molecule has 0 amide bonds. The fraction of sp³-hybridized carbons (Fsp3) is 0.381. The second-order valence-corrected chi connectivity index (χ2v) is 7.47. The Morgan fingerprint density at radius 2 is 1.79 bits per heavy atom. The molecule has 1 fully saturated rings. The smallest absolute Gasteiger partial charge is 0.310 e. The highest BCUT2D eigenvalue weighted by atomic mass is 16.7. The summed E-state index contributed by atoms with van der Waals surface area (Å²) in [5, 5.41) is 21.2. The number of benzene rings is 2. The van der Waals surface area contributed by atoms with Crippen molar-refractivity contribution >= 4 is 5.97 Å². The minimum atomic E-state index is -0.836. The molecule has 2 heterocycles. The van der Waals surface area contributed by atoms with Crippen molar-refractivity contribution in [3.8, 4) is 23.0 Å². The maximum Gasteiger partial charge on any atom is 0.310 e. The Labute approximate surface area is 161 Å². The number of hydrogen-bond acceptors (Lipinski definition) is 7. The first-order valence-electron chi connectivity index (χ1n) is 9.15. The molecule has 1 aliphatic carbocycles. The third-order valence-corrected chi connectivity index (χ3v) is 6.01. The molecule has 28 heavy (non-hydrogen) atoms. The van der Waals surface area contributed by atoms with Crippen molar-refractivity contribution < 1.29 is 34.0 Å². The monoisotopic (exact) mass is 384 g/mol. The third-order valence-electron chi connectivity index (χ3n) is 6.01. The van der Waals surface area contributed by atoms with Gasteiger partial charge in [0.1, 0.15) is 0 Å². The van der Waals surface area contributed by atoms with E-state index in [1.807, 2.05) is 12.1 Å². The molecule has 7 heteroatoms. The van der Waals surface area contributed by atoms with E-state index in [0.29, 0.717) is 28.4 Å². The zero-order valence-corrected chi connectivity index (χ0v) is 15.5. The van der Waals surface area contributed by atoms with Crippen LogP contribution in [0.5, 0.6) is 23.0 Å². The summed E-state index contributed by atoms with van der Waals surface area (Å²) in [7, 11) is 1.49. The van der Waals surface area contributed by atoms with Crippen molar-refractivity contribution in [1.29, 1.82) is 0 Å². The normalized spacial score (nSPS) is 27.2. The second-order valence-electron chi connectivity index (χ2n) is 7.47. The molecular formula is C21H20O7. The first-order chi connectivity index (χ1) is 13.5. The van der Waals surface area contributed by atoms with E-state index < -0.39 is 12.0 Å². The van der Waals surface area contributed by atoms with Gasteiger partial charge in [-0.05, 0) is 47.4 Å². The lowest BCUT2D eigenvalue weighted by atomic mass is 9.66. The van der Waals surface area contributed by atoms with Crippen molar-refractivity contribution in [3.63, 3.8) is 0 Å². The first-order valence-corrected chi connectivity index (χ1v) is 9.15. The van der Waals surface area contributed by atoms with Gasteiger partial charge in [0.25, 0.3) is 0 Å². The fourth-order valence-electron chi connectivity index (χ4n) is 4.64. The predicted molar refractivity (Wildman–Crippen MR) is 96.7 cm³/mol. The van der Waals surface area contributed by atoms with Gasteiger partial charge in [-0.15, -0.1) is 0 Å². The van der Waals surface area contributed by atoms with E-state index in [1.165, 1.54) is 7.11 Å². The van der Waals surface area contributed by atoms with Crippen molar-refractivity contribution in [2.75, 3.05) is 20.5 Å². The van der Waals surface area contributed by atoms with E-state index in [1.54, 1.807) is 19.1 Å². The maximum absolute atomic E-state index is 12.6. The Morgan fingerprint density at radius 1 is 1.07 bits per heavy atom. The molecule has 4 unspecified atom stereocenters. The van der Waals surface area contributed by atoms with Crippen LogP contribution in [0.2, 0.25) is 0 Å². The molecule has 0 aromatic heterocycles. The Balaban J connectivity index is 1.75. The number of aliphatic hydroxyl groups excluding tert-OH is 1. The number of rotatable bonds is 2. The van der Waals surface area contributed by atoms with Crippen molar-refractivity contribution in [2.45, 2.75) is 18.9 Å². The molecule has 2 aromatic rings. The molecule has 0 spiro atoms. The Bertz CT molecular complexity index is 983.